The van der Waals surface area contributed by atoms with Crippen molar-refractivity contribution in [2.75, 3.05) is 39.4 Å². The molecule has 0 radical (unpaired) electrons. The van der Waals surface area contributed by atoms with Crippen LogP contribution in [0.2, 0.25) is 0 Å². The molecule has 2 aliphatic heterocycles. The summed E-state index contributed by atoms with van der Waals surface area (Å²) in [7, 11) is 0. The second-order valence-corrected chi connectivity index (χ2v) is 8.78. The van der Waals surface area contributed by atoms with Crippen molar-refractivity contribution in [2.24, 2.45) is 9.98 Å². The van der Waals surface area contributed by atoms with E-state index in [1.807, 2.05) is 54.6 Å². The summed E-state index contributed by atoms with van der Waals surface area (Å²) < 4.78 is 17.9. The summed E-state index contributed by atoms with van der Waals surface area (Å²) in [5, 5.41) is 7.66. The van der Waals surface area contributed by atoms with Crippen LogP contribution in [0.4, 0.5) is 0 Å². The second kappa shape index (κ2) is 12.7. The highest BCUT2D eigenvalue weighted by atomic mass is 35.5. The fourth-order valence-electron chi connectivity index (χ4n) is 4.37. The van der Waals surface area contributed by atoms with Gasteiger partial charge in [0.1, 0.15) is 34.5 Å². The van der Waals surface area contributed by atoms with E-state index in [0.29, 0.717) is 13.2 Å². The predicted molar refractivity (Wildman–Crippen MR) is 157 cm³/mol. The number of hydrogen-bond acceptors (Lipinski definition) is 7. The van der Waals surface area contributed by atoms with Crippen LogP contribution in [0.15, 0.2) is 87.2 Å². The lowest BCUT2D eigenvalue weighted by Gasteiger charge is -2.09. The largest absolute Gasteiger partial charge is 0.493 e. The van der Waals surface area contributed by atoms with E-state index in [1.165, 1.54) is 0 Å². The molecule has 2 aliphatic rings. The van der Waals surface area contributed by atoms with Crippen LogP contribution >= 0.6 is 24.8 Å². The molecule has 3 heterocycles. The molecule has 3 aromatic carbocycles. The molecule has 1 aromatic heterocycles. The van der Waals surface area contributed by atoms with Crippen molar-refractivity contribution in [3.8, 4) is 22.8 Å². The Kier molecular flexibility index (Phi) is 9.15. The summed E-state index contributed by atoms with van der Waals surface area (Å²) >= 11 is 0. The van der Waals surface area contributed by atoms with Crippen LogP contribution in [0.1, 0.15) is 17.5 Å². The number of fused-ring (bicyclic) bond motifs is 1. The first-order valence-corrected chi connectivity index (χ1v) is 12.4. The molecule has 4 aromatic rings. The van der Waals surface area contributed by atoms with Crippen molar-refractivity contribution in [3.05, 3.63) is 83.9 Å². The third-order valence-electron chi connectivity index (χ3n) is 6.23. The first kappa shape index (κ1) is 27.4. The lowest BCUT2D eigenvalue weighted by Crippen LogP contribution is -2.19. The van der Waals surface area contributed by atoms with Gasteiger partial charge in [0.2, 0.25) is 0 Å². The highest BCUT2D eigenvalue weighted by Crippen LogP contribution is 2.30. The standard InChI is InChI=1S/C29H28N4O3.2ClH/c1(17-35-25-10-6-21(7-11-25)28-30-12-13-31-28)16-34-24-8-4-20(5-9-24)26-18-22-2-3-23(19-27(22)36-26)29-32-14-15-33-29;;/h2-11,18-19H,1,12-17H2,(H,30,31)(H,32,33);2*1H. The first-order valence-electron chi connectivity index (χ1n) is 12.4. The SMILES string of the molecule is Cl.Cl.c1cc(C2=NCCN2)ccc1OCCCOc1ccc(-c2cc3ccc(C4=NCCN4)cc3o2)cc1. The molecular formula is C29H30Cl2N4O3. The fraction of sp³-hybridized carbons (Fsp3) is 0.241. The van der Waals surface area contributed by atoms with Crippen LogP contribution in [0, 0.1) is 0 Å². The number of benzene rings is 3. The number of halogens is 2. The molecule has 0 amide bonds. The molecule has 2 N–H and O–H groups in total. The van der Waals surface area contributed by atoms with E-state index in [4.69, 9.17) is 13.9 Å². The Hall–Kier alpha value is -3.68. The van der Waals surface area contributed by atoms with Crippen LogP contribution in [-0.4, -0.2) is 51.1 Å². The minimum atomic E-state index is 0. The molecule has 38 heavy (non-hydrogen) atoms. The van der Waals surface area contributed by atoms with Crippen molar-refractivity contribution in [1.29, 1.82) is 0 Å². The second-order valence-electron chi connectivity index (χ2n) is 8.78. The predicted octanol–water partition coefficient (Wildman–Crippen LogP) is 5.49. The number of furan rings is 1. The van der Waals surface area contributed by atoms with Crippen molar-refractivity contribution in [1.82, 2.24) is 10.6 Å². The topological polar surface area (TPSA) is 80.4 Å². The smallest absolute Gasteiger partial charge is 0.135 e. The molecule has 6 rings (SSSR count). The Morgan fingerprint density at radius 3 is 1.79 bits per heavy atom. The van der Waals surface area contributed by atoms with E-state index < -0.39 is 0 Å². The van der Waals surface area contributed by atoms with Gasteiger partial charge in [0.15, 0.2) is 0 Å². The van der Waals surface area contributed by atoms with Gasteiger partial charge in [-0.05, 0) is 60.7 Å². The van der Waals surface area contributed by atoms with Crippen LogP contribution in [0.5, 0.6) is 11.5 Å². The molecule has 0 fully saturated rings. The van der Waals surface area contributed by atoms with Crippen molar-refractivity contribution in [3.63, 3.8) is 0 Å². The normalized spacial score (nSPS) is 14.0. The zero-order valence-electron chi connectivity index (χ0n) is 20.8. The highest BCUT2D eigenvalue weighted by molar-refractivity contribution is 6.02. The molecule has 0 aliphatic carbocycles. The fourth-order valence-corrected chi connectivity index (χ4v) is 4.37. The summed E-state index contributed by atoms with van der Waals surface area (Å²) in [4.78, 5) is 8.93. The van der Waals surface area contributed by atoms with Crippen molar-refractivity contribution >= 4 is 47.5 Å². The van der Waals surface area contributed by atoms with Gasteiger partial charge in [-0.3, -0.25) is 9.98 Å². The Balaban J connectivity index is 0.00000168. The van der Waals surface area contributed by atoms with E-state index in [2.05, 4.69) is 38.8 Å². The Morgan fingerprint density at radius 2 is 1.21 bits per heavy atom. The Labute approximate surface area is 234 Å². The lowest BCUT2D eigenvalue weighted by molar-refractivity contribution is 0.247. The maximum atomic E-state index is 6.14. The third kappa shape index (κ3) is 6.23. The molecule has 0 atom stereocenters. The van der Waals surface area contributed by atoms with Gasteiger partial charge in [0, 0.05) is 41.6 Å². The number of amidine groups is 2. The van der Waals surface area contributed by atoms with Gasteiger partial charge >= 0.3 is 0 Å². The maximum absolute atomic E-state index is 6.14. The van der Waals surface area contributed by atoms with Gasteiger partial charge in [-0.2, -0.15) is 0 Å². The van der Waals surface area contributed by atoms with Gasteiger partial charge in [0.25, 0.3) is 0 Å². The highest BCUT2D eigenvalue weighted by Gasteiger charge is 2.12. The molecule has 0 spiro atoms. The van der Waals surface area contributed by atoms with E-state index in [-0.39, 0.29) is 24.8 Å². The average molecular weight is 553 g/mol. The van der Waals surface area contributed by atoms with Gasteiger partial charge in [-0.1, -0.05) is 12.1 Å². The molecular weight excluding hydrogens is 523 g/mol. The molecule has 0 bridgehead atoms. The number of ether oxygens (including phenoxy) is 2. The van der Waals surface area contributed by atoms with Gasteiger partial charge in [-0.15, -0.1) is 24.8 Å². The van der Waals surface area contributed by atoms with Crippen LogP contribution in [-0.2, 0) is 0 Å². The van der Waals surface area contributed by atoms with Gasteiger partial charge < -0.3 is 24.5 Å². The van der Waals surface area contributed by atoms with Crippen LogP contribution in [0.25, 0.3) is 22.3 Å². The quantitative estimate of drug-likeness (QED) is 0.268. The number of rotatable bonds is 9. The number of nitrogens with one attached hydrogen (secondary N) is 2. The Bertz CT molecular complexity index is 1420. The minimum Gasteiger partial charge on any atom is -0.493 e. The lowest BCUT2D eigenvalue weighted by atomic mass is 10.1. The van der Waals surface area contributed by atoms with Crippen LogP contribution < -0.4 is 20.1 Å². The average Bonchev–Trinajstić information content (AvgIpc) is 3.71. The summed E-state index contributed by atoms with van der Waals surface area (Å²) in [6, 6.07) is 24.3. The number of aliphatic imine (C=N–C) groups is 2. The summed E-state index contributed by atoms with van der Waals surface area (Å²) in [6.45, 7) is 4.64. The monoisotopic (exact) mass is 552 g/mol. The van der Waals surface area contributed by atoms with Crippen LogP contribution in [0.3, 0.4) is 0 Å². The Morgan fingerprint density at radius 1 is 0.658 bits per heavy atom. The molecule has 0 unspecified atom stereocenters. The van der Waals surface area contributed by atoms with Crippen molar-refractivity contribution < 1.29 is 13.9 Å². The van der Waals surface area contributed by atoms with Crippen molar-refractivity contribution in [2.45, 2.75) is 6.42 Å². The van der Waals surface area contributed by atoms with Gasteiger partial charge in [-0.25, -0.2) is 0 Å². The third-order valence-corrected chi connectivity index (χ3v) is 6.23. The molecule has 0 saturated carbocycles. The summed E-state index contributed by atoms with van der Waals surface area (Å²) in [5.41, 5.74) is 4.03. The van der Waals surface area contributed by atoms with E-state index in [0.717, 1.165) is 89.2 Å². The zero-order chi connectivity index (χ0) is 24.2. The maximum Gasteiger partial charge on any atom is 0.135 e. The molecule has 9 heteroatoms. The minimum absolute atomic E-state index is 0. The molecule has 7 nitrogen and oxygen atoms in total. The first-order chi connectivity index (χ1) is 17.8. The molecule has 198 valence electrons. The number of hydrogen-bond donors (Lipinski definition) is 2. The van der Waals surface area contributed by atoms with Gasteiger partial charge in [0.05, 0.1) is 26.3 Å². The zero-order valence-corrected chi connectivity index (χ0v) is 22.4. The van der Waals surface area contributed by atoms with E-state index in [9.17, 15) is 0 Å². The van der Waals surface area contributed by atoms with E-state index in [1.54, 1.807) is 0 Å². The summed E-state index contributed by atoms with van der Waals surface area (Å²) in [5.74, 6) is 4.42. The summed E-state index contributed by atoms with van der Waals surface area (Å²) in [6.07, 6.45) is 0.795. The molecule has 0 saturated heterocycles. The number of nitrogens with zero attached hydrogens (tertiary/aromatic N) is 2. The van der Waals surface area contributed by atoms with E-state index >= 15 is 0 Å².